The van der Waals surface area contributed by atoms with Crippen molar-refractivity contribution in [2.45, 2.75) is 11.8 Å². The highest BCUT2D eigenvalue weighted by Gasteiger charge is 2.31. The van der Waals surface area contributed by atoms with Gasteiger partial charge >= 0.3 is 0 Å². The summed E-state index contributed by atoms with van der Waals surface area (Å²) in [6.45, 7) is 0. The van der Waals surface area contributed by atoms with Gasteiger partial charge in [0.15, 0.2) is 0 Å². The fraction of sp³-hybridized carbons (Fsp3) is 0.286. The first-order valence-electron chi connectivity index (χ1n) is 5.70. The van der Waals surface area contributed by atoms with E-state index in [0.29, 0.717) is 11.8 Å². The molecule has 0 saturated heterocycles. The van der Waals surface area contributed by atoms with Crippen LogP contribution in [0.25, 0.3) is 0 Å². The lowest BCUT2D eigenvalue weighted by atomic mass is 9.80. The van der Waals surface area contributed by atoms with Crippen molar-refractivity contribution >= 4 is 62.1 Å². The Kier molecular flexibility index (Phi) is 5.62. The smallest absolute Gasteiger partial charge is 0.0406 e. The highest BCUT2D eigenvalue weighted by Crippen LogP contribution is 2.34. The van der Waals surface area contributed by atoms with E-state index in [2.05, 4.69) is 27.4 Å². The number of halogens is 4. The number of thiophene rings is 1. The summed E-state index contributed by atoms with van der Waals surface area (Å²) in [6.07, 6.45) is 0.831. The molecular formula is C14H12BrCl3S. The van der Waals surface area contributed by atoms with E-state index in [1.807, 2.05) is 24.3 Å². The molecule has 2 rings (SSSR count). The molecule has 2 aromatic rings. The Labute approximate surface area is 140 Å². The fourth-order valence-electron chi connectivity index (χ4n) is 1.97. The second-order valence-electron chi connectivity index (χ2n) is 4.46. The predicted molar refractivity (Wildman–Crippen MR) is 90.3 cm³/mol. The van der Waals surface area contributed by atoms with Gasteiger partial charge in [-0.2, -0.15) is 0 Å². The summed E-state index contributed by atoms with van der Waals surface area (Å²) < 4.78 is 1.10. The third-order valence-electron chi connectivity index (χ3n) is 3.10. The lowest BCUT2D eigenvalue weighted by Gasteiger charge is -2.30. The van der Waals surface area contributed by atoms with Crippen molar-refractivity contribution in [1.82, 2.24) is 0 Å². The maximum absolute atomic E-state index is 6.23. The Morgan fingerprint density at radius 1 is 1.11 bits per heavy atom. The molecule has 0 aliphatic heterocycles. The molecule has 0 radical (unpaired) electrons. The predicted octanol–water partition coefficient (Wildman–Crippen LogP) is 6.12. The third kappa shape index (κ3) is 3.68. The van der Waals surface area contributed by atoms with Gasteiger partial charge in [0.1, 0.15) is 0 Å². The zero-order valence-corrected chi connectivity index (χ0v) is 14.7. The van der Waals surface area contributed by atoms with Crippen LogP contribution in [-0.2, 0) is 11.8 Å². The molecule has 0 atom stereocenters. The van der Waals surface area contributed by atoms with E-state index in [9.17, 15) is 0 Å². The van der Waals surface area contributed by atoms with Crippen LogP contribution in [0.4, 0.5) is 0 Å². The van der Waals surface area contributed by atoms with Crippen LogP contribution >= 0.6 is 62.1 Å². The zero-order valence-electron chi connectivity index (χ0n) is 10.0. The van der Waals surface area contributed by atoms with Gasteiger partial charge in [-0.25, -0.2) is 0 Å². The quantitative estimate of drug-likeness (QED) is 0.532. The summed E-state index contributed by atoms with van der Waals surface area (Å²) in [7, 11) is 0. The van der Waals surface area contributed by atoms with Crippen LogP contribution in [0.3, 0.4) is 0 Å². The average Bonchev–Trinajstić information content (AvgIpc) is 2.82. The normalized spacial score (nSPS) is 11.8. The van der Waals surface area contributed by atoms with Crippen molar-refractivity contribution in [3.8, 4) is 0 Å². The van der Waals surface area contributed by atoms with Crippen molar-refractivity contribution in [1.29, 1.82) is 0 Å². The van der Waals surface area contributed by atoms with E-state index in [0.717, 1.165) is 21.5 Å². The van der Waals surface area contributed by atoms with E-state index in [-0.39, 0.29) is 5.41 Å². The second kappa shape index (κ2) is 6.82. The molecule has 0 amide bonds. The first kappa shape index (κ1) is 15.7. The molecular weight excluding hydrogens is 386 g/mol. The molecule has 0 spiro atoms. The monoisotopic (exact) mass is 396 g/mol. The summed E-state index contributed by atoms with van der Waals surface area (Å²) in [5.74, 6) is 0.960. The minimum atomic E-state index is -0.252. The van der Waals surface area contributed by atoms with Gasteiger partial charge < -0.3 is 0 Å². The van der Waals surface area contributed by atoms with Crippen LogP contribution in [0, 0.1) is 0 Å². The number of rotatable bonds is 5. The van der Waals surface area contributed by atoms with Crippen molar-refractivity contribution in [3.05, 3.63) is 55.6 Å². The van der Waals surface area contributed by atoms with E-state index in [4.69, 9.17) is 34.8 Å². The minimum absolute atomic E-state index is 0.252. The highest BCUT2D eigenvalue weighted by atomic mass is 79.9. The molecule has 1 aromatic carbocycles. The van der Waals surface area contributed by atoms with Crippen LogP contribution in [0.1, 0.15) is 10.4 Å². The van der Waals surface area contributed by atoms with Gasteiger partial charge in [-0.05, 0) is 46.1 Å². The first-order valence-corrected chi connectivity index (χ1v) is 8.82. The molecule has 0 unspecified atom stereocenters. The fourth-order valence-corrected chi connectivity index (χ4v) is 4.47. The van der Waals surface area contributed by atoms with Gasteiger partial charge in [-0.15, -0.1) is 34.5 Å². The Bertz CT molecular complexity index is 532. The van der Waals surface area contributed by atoms with Gasteiger partial charge in [0.25, 0.3) is 0 Å². The minimum Gasteiger partial charge on any atom is -0.148 e. The number of hydrogen-bond donors (Lipinski definition) is 0. The van der Waals surface area contributed by atoms with E-state index in [1.165, 1.54) is 4.88 Å². The first-order chi connectivity index (χ1) is 9.09. The molecule has 1 aromatic heterocycles. The summed E-state index contributed by atoms with van der Waals surface area (Å²) >= 11 is 23.6. The largest absolute Gasteiger partial charge is 0.148 e. The van der Waals surface area contributed by atoms with Gasteiger partial charge in [0, 0.05) is 36.9 Å². The highest BCUT2D eigenvalue weighted by molar-refractivity contribution is 9.10. The second-order valence-corrected chi connectivity index (χ2v) is 7.34. The number of alkyl halides is 2. The maximum Gasteiger partial charge on any atom is 0.0406 e. The maximum atomic E-state index is 6.23. The summed E-state index contributed by atoms with van der Waals surface area (Å²) in [5.41, 5.74) is 0.879. The Balaban J connectivity index is 2.33. The van der Waals surface area contributed by atoms with Crippen molar-refractivity contribution in [2.24, 2.45) is 0 Å². The van der Waals surface area contributed by atoms with Crippen molar-refractivity contribution < 1.29 is 0 Å². The molecule has 0 N–H and O–H groups in total. The topological polar surface area (TPSA) is 0 Å². The van der Waals surface area contributed by atoms with Crippen LogP contribution in [0.15, 0.2) is 40.2 Å². The van der Waals surface area contributed by atoms with Crippen LogP contribution in [-0.4, -0.2) is 11.8 Å². The molecule has 5 heteroatoms. The van der Waals surface area contributed by atoms with Crippen LogP contribution in [0.5, 0.6) is 0 Å². The summed E-state index contributed by atoms with van der Waals surface area (Å²) in [5, 5.41) is 2.80. The molecule has 0 bridgehead atoms. The Morgan fingerprint density at radius 3 is 2.21 bits per heavy atom. The number of hydrogen-bond acceptors (Lipinski definition) is 1. The van der Waals surface area contributed by atoms with Crippen molar-refractivity contribution in [3.63, 3.8) is 0 Å². The van der Waals surface area contributed by atoms with E-state index < -0.39 is 0 Å². The van der Waals surface area contributed by atoms with Gasteiger partial charge in [0.05, 0.1) is 0 Å². The van der Waals surface area contributed by atoms with Gasteiger partial charge in [-0.1, -0.05) is 23.7 Å². The summed E-state index contributed by atoms with van der Waals surface area (Å²) in [4.78, 5) is 1.27. The molecule has 0 aliphatic rings. The van der Waals surface area contributed by atoms with Gasteiger partial charge in [-0.3, -0.25) is 0 Å². The van der Waals surface area contributed by atoms with Gasteiger partial charge in [0.2, 0.25) is 0 Å². The molecule has 0 aliphatic carbocycles. The average molecular weight is 399 g/mol. The Hall–Kier alpha value is 0.270. The molecule has 0 fully saturated rings. The third-order valence-corrected chi connectivity index (χ3v) is 6.08. The molecule has 102 valence electrons. The number of benzene rings is 1. The van der Waals surface area contributed by atoms with Crippen molar-refractivity contribution in [2.75, 3.05) is 11.8 Å². The Morgan fingerprint density at radius 2 is 1.74 bits per heavy atom. The zero-order chi connectivity index (χ0) is 13.9. The SMILES string of the molecule is ClCC(CCl)(Cc1cc(Br)cs1)c1ccc(Cl)cc1. The van der Waals surface area contributed by atoms with E-state index >= 15 is 0 Å². The standard InChI is InChI=1S/C14H12BrCl3S/c15-11-5-13(19-7-11)6-14(8-16,9-17)10-1-3-12(18)4-2-10/h1-5,7H,6,8-9H2. The molecule has 0 nitrogen and oxygen atoms in total. The molecule has 0 saturated carbocycles. The lowest BCUT2D eigenvalue weighted by Crippen LogP contribution is -2.33. The molecule has 19 heavy (non-hydrogen) atoms. The molecule has 1 heterocycles. The summed E-state index contributed by atoms with van der Waals surface area (Å²) in [6, 6.07) is 9.91. The van der Waals surface area contributed by atoms with E-state index in [1.54, 1.807) is 11.3 Å². The lowest BCUT2D eigenvalue weighted by molar-refractivity contribution is 0.541. The van der Waals surface area contributed by atoms with Crippen LogP contribution in [0.2, 0.25) is 5.02 Å². The van der Waals surface area contributed by atoms with Crippen LogP contribution < -0.4 is 0 Å².